The molecule has 1 aromatic carbocycles. The number of rotatable bonds is 2. The Bertz CT molecular complexity index is 550. The molecule has 18 heavy (non-hydrogen) atoms. The fourth-order valence-corrected chi connectivity index (χ4v) is 2.79. The Kier molecular flexibility index (Phi) is 3.02. The van der Waals surface area contributed by atoms with Crippen molar-refractivity contribution in [2.75, 3.05) is 6.61 Å². The van der Waals surface area contributed by atoms with Crippen LogP contribution in [0.5, 0.6) is 0 Å². The normalized spacial score (nSPS) is 25.4. The third-order valence-electron chi connectivity index (χ3n) is 3.88. The van der Waals surface area contributed by atoms with Crippen molar-refractivity contribution in [2.45, 2.75) is 25.6 Å². The van der Waals surface area contributed by atoms with Gasteiger partial charge in [-0.3, -0.25) is 4.98 Å². The van der Waals surface area contributed by atoms with E-state index < -0.39 is 6.10 Å². The summed E-state index contributed by atoms with van der Waals surface area (Å²) in [4.78, 5) is 4.16. The Morgan fingerprint density at radius 3 is 3.06 bits per heavy atom. The molecule has 0 amide bonds. The monoisotopic (exact) mass is 243 g/mol. The molecule has 0 radical (unpaired) electrons. The maximum atomic E-state index is 10.6. The number of hydrogen-bond acceptors (Lipinski definition) is 3. The van der Waals surface area contributed by atoms with E-state index in [2.05, 4.69) is 4.98 Å². The van der Waals surface area contributed by atoms with Crippen molar-refractivity contribution in [3.8, 4) is 0 Å². The molecular formula is C15H17NO2. The van der Waals surface area contributed by atoms with E-state index in [9.17, 15) is 5.11 Å². The Hall–Kier alpha value is -1.45. The molecule has 1 fully saturated rings. The van der Waals surface area contributed by atoms with Gasteiger partial charge in [0.15, 0.2) is 0 Å². The summed E-state index contributed by atoms with van der Waals surface area (Å²) in [7, 11) is 0. The number of ether oxygens (including phenoxy) is 1. The third-order valence-corrected chi connectivity index (χ3v) is 3.88. The summed E-state index contributed by atoms with van der Waals surface area (Å²) in [5.41, 5.74) is 0.961. The first kappa shape index (κ1) is 11.6. The van der Waals surface area contributed by atoms with Crippen molar-refractivity contribution in [2.24, 2.45) is 5.92 Å². The molecular weight excluding hydrogens is 226 g/mol. The van der Waals surface area contributed by atoms with Crippen LogP contribution in [0.2, 0.25) is 0 Å². The molecule has 3 rings (SSSR count). The van der Waals surface area contributed by atoms with Crippen LogP contribution in [0.15, 0.2) is 36.7 Å². The summed E-state index contributed by atoms with van der Waals surface area (Å²) in [5, 5.41) is 12.7. The van der Waals surface area contributed by atoms with Gasteiger partial charge in [0.1, 0.15) is 0 Å². The number of pyridine rings is 1. The van der Waals surface area contributed by atoms with Crippen molar-refractivity contribution >= 4 is 10.8 Å². The van der Waals surface area contributed by atoms with E-state index in [1.807, 2.05) is 37.4 Å². The van der Waals surface area contributed by atoms with Crippen LogP contribution in [0.25, 0.3) is 10.8 Å². The van der Waals surface area contributed by atoms with E-state index in [0.29, 0.717) is 0 Å². The number of aromatic nitrogens is 1. The Balaban J connectivity index is 2.03. The summed E-state index contributed by atoms with van der Waals surface area (Å²) < 4.78 is 5.54. The van der Waals surface area contributed by atoms with Crippen LogP contribution in [-0.2, 0) is 4.74 Å². The van der Waals surface area contributed by atoms with Crippen LogP contribution in [0.1, 0.15) is 25.0 Å². The molecule has 3 heteroatoms. The van der Waals surface area contributed by atoms with Crippen LogP contribution in [0.3, 0.4) is 0 Å². The minimum absolute atomic E-state index is 0.118. The van der Waals surface area contributed by atoms with Crippen molar-refractivity contribution in [3.05, 3.63) is 42.2 Å². The van der Waals surface area contributed by atoms with Gasteiger partial charge in [0, 0.05) is 30.3 Å². The first-order valence-electron chi connectivity index (χ1n) is 6.39. The third kappa shape index (κ3) is 1.89. The minimum atomic E-state index is -0.476. The zero-order valence-corrected chi connectivity index (χ0v) is 10.4. The maximum Gasteiger partial charge on any atom is 0.0850 e. The Morgan fingerprint density at radius 2 is 2.28 bits per heavy atom. The highest BCUT2D eigenvalue weighted by Crippen LogP contribution is 2.35. The Morgan fingerprint density at radius 1 is 1.39 bits per heavy atom. The van der Waals surface area contributed by atoms with Crippen LogP contribution >= 0.6 is 0 Å². The molecule has 0 saturated carbocycles. The van der Waals surface area contributed by atoms with Gasteiger partial charge in [-0.15, -0.1) is 0 Å². The van der Waals surface area contributed by atoms with E-state index in [-0.39, 0.29) is 12.0 Å². The minimum Gasteiger partial charge on any atom is -0.388 e. The molecule has 1 aliphatic rings. The number of benzene rings is 1. The van der Waals surface area contributed by atoms with Crippen LogP contribution in [-0.4, -0.2) is 22.8 Å². The predicted molar refractivity (Wildman–Crippen MR) is 70.2 cm³/mol. The standard InChI is InChI=1S/C15H17NO2/c1-10-12(6-8-18-10)15(17)13-4-2-3-11-5-7-16-9-14(11)13/h2-5,7,9-10,12,15,17H,6,8H2,1H3. The summed E-state index contributed by atoms with van der Waals surface area (Å²) in [6.45, 7) is 2.77. The van der Waals surface area contributed by atoms with Gasteiger partial charge in [-0.1, -0.05) is 18.2 Å². The highest BCUT2D eigenvalue weighted by atomic mass is 16.5. The summed E-state index contributed by atoms with van der Waals surface area (Å²) >= 11 is 0. The van der Waals surface area contributed by atoms with Crippen LogP contribution in [0.4, 0.5) is 0 Å². The second kappa shape index (κ2) is 4.67. The molecule has 0 bridgehead atoms. The van der Waals surface area contributed by atoms with E-state index in [4.69, 9.17) is 4.74 Å². The van der Waals surface area contributed by atoms with Crippen molar-refractivity contribution in [1.29, 1.82) is 0 Å². The molecule has 3 nitrogen and oxygen atoms in total. The summed E-state index contributed by atoms with van der Waals surface area (Å²) in [6, 6.07) is 7.99. The van der Waals surface area contributed by atoms with Gasteiger partial charge in [-0.25, -0.2) is 0 Å². The van der Waals surface area contributed by atoms with E-state index in [1.54, 1.807) is 6.20 Å². The fourth-order valence-electron chi connectivity index (χ4n) is 2.79. The lowest BCUT2D eigenvalue weighted by atomic mass is 9.89. The molecule has 2 heterocycles. The molecule has 1 aromatic heterocycles. The molecule has 0 spiro atoms. The molecule has 1 N–H and O–H groups in total. The smallest absolute Gasteiger partial charge is 0.0850 e. The van der Waals surface area contributed by atoms with E-state index in [0.717, 1.165) is 29.4 Å². The summed E-state index contributed by atoms with van der Waals surface area (Å²) in [6.07, 6.45) is 4.16. The van der Waals surface area contributed by atoms with Crippen molar-refractivity contribution < 1.29 is 9.84 Å². The SMILES string of the molecule is CC1OCCC1C(O)c1cccc2ccncc12. The van der Waals surface area contributed by atoms with Crippen molar-refractivity contribution in [1.82, 2.24) is 4.98 Å². The second-order valence-electron chi connectivity index (χ2n) is 4.92. The number of hydrogen-bond donors (Lipinski definition) is 1. The average molecular weight is 243 g/mol. The van der Waals surface area contributed by atoms with Crippen LogP contribution < -0.4 is 0 Å². The molecule has 1 saturated heterocycles. The number of nitrogens with zero attached hydrogens (tertiary/aromatic N) is 1. The van der Waals surface area contributed by atoms with Gasteiger partial charge in [0.25, 0.3) is 0 Å². The number of aliphatic hydroxyl groups excluding tert-OH is 1. The topological polar surface area (TPSA) is 42.4 Å². The predicted octanol–water partition coefficient (Wildman–Crippen LogP) is 2.69. The first-order chi connectivity index (χ1) is 8.77. The lowest BCUT2D eigenvalue weighted by Gasteiger charge is -2.22. The zero-order valence-electron chi connectivity index (χ0n) is 10.4. The lowest BCUT2D eigenvalue weighted by molar-refractivity contribution is 0.0438. The van der Waals surface area contributed by atoms with Gasteiger partial charge < -0.3 is 9.84 Å². The largest absolute Gasteiger partial charge is 0.388 e. The summed E-state index contributed by atoms with van der Waals surface area (Å²) in [5.74, 6) is 0.177. The van der Waals surface area contributed by atoms with Gasteiger partial charge in [0.2, 0.25) is 0 Å². The highest BCUT2D eigenvalue weighted by molar-refractivity contribution is 5.85. The van der Waals surface area contributed by atoms with E-state index >= 15 is 0 Å². The highest BCUT2D eigenvalue weighted by Gasteiger charge is 2.32. The Labute approximate surface area is 106 Å². The molecule has 2 aromatic rings. The van der Waals surface area contributed by atoms with Gasteiger partial charge in [-0.05, 0) is 30.4 Å². The van der Waals surface area contributed by atoms with Gasteiger partial charge >= 0.3 is 0 Å². The quantitative estimate of drug-likeness (QED) is 0.881. The second-order valence-corrected chi connectivity index (χ2v) is 4.92. The fraction of sp³-hybridized carbons (Fsp3) is 0.400. The molecule has 94 valence electrons. The molecule has 3 atom stereocenters. The van der Waals surface area contributed by atoms with Crippen molar-refractivity contribution in [3.63, 3.8) is 0 Å². The molecule has 3 unspecified atom stereocenters. The maximum absolute atomic E-state index is 10.6. The molecule has 0 aliphatic carbocycles. The first-order valence-corrected chi connectivity index (χ1v) is 6.39. The lowest BCUT2D eigenvalue weighted by Crippen LogP contribution is -2.20. The van der Waals surface area contributed by atoms with Gasteiger partial charge in [-0.2, -0.15) is 0 Å². The molecule has 1 aliphatic heterocycles. The average Bonchev–Trinajstić information content (AvgIpc) is 2.83. The zero-order chi connectivity index (χ0) is 12.5. The van der Waals surface area contributed by atoms with Crippen LogP contribution in [0, 0.1) is 5.92 Å². The van der Waals surface area contributed by atoms with E-state index in [1.165, 1.54) is 0 Å². The van der Waals surface area contributed by atoms with Gasteiger partial charge in [0.05, 0.1) is 12.2 Å². The number of aliphatic hydroxyl groups is 1. The number of fused-ring (bicyclic) bond motifs is 1.